The lowest BCUT2D eigenvalue weighted by Gasteiger charge is -2.17. The third-order valence-corrected chi connectivity index (χ3v) is 3.20. The van der Waals surface area contributed by atoms with E-state index in [9.17, 15) is 0 Å². The Kier molecular flexibility index (Phi) is 3.96. The van der Waals surface area contributed by atoms with Crippen molar-refractivity contribution in [2.24, 2.45) is 5.92 Å². The highest BCUT2D eigenvalue weighted by atomic mass is 16.5. The summed E-state index contributed by atoms with van der Waals surface area (Å²) >= 11 is 0. The minimum atomic E-state index is 0.425. The number of allylic oxidation sites excluding steroid dienone is 1. The van der Waals surface area contributed by atoms with E-state index in [4.69, 9.17) is 10.5 Å². The molecule has 2 N–H and O–H groups in total. The molecule has 1 aromatic heterocycles. The number of ether oxygens (including phenoxy) is 1. The maximum absolute atomic E-state index is 5.63. The summed E-state index contributed by atoms with van der Waals surface area (Å²) in [7, 11) is 1.60. The third-order valence-electron chi connectivity index (χ3n) is 3.20. The Hall–Kier alpha value is -1.58. The number of nitrogen functional groups attached to an aromatic ring is 1. The molecule has 4 heteroatoms. The van der Waals surface area contributed by atoms with Gasteiger partial charge in [0.2, 0.25) is 5.88 Å². The SMILES string of the molecule is COc1nnc(N)cc1/C=C/C1CCCCC1. The van der Waals surface area contributed by atoms with E-state index in [-0.39, 0.29) is 0 Å². The quantitative estimate of drug-likeness (QED) is 0.871. The van der Waals surface area contributed by atoms with Crippen molar-refractivity contribution < 1.29 is 4.74 Å². The first-order valence-electron chi connectivity index (χ1n) is 6.15. The van der Waals surface area contributed by atoms with Crippen molar-refractivity contribution >= 4 is 11.9 Å². The lowest BCUT2D eigenvalue weighted by molar-refractivity contribution is 0.391. The van der Waals surface area contributed by atoms with E-state index in [2.05, 4.69) is 22.3 Å². The van der Waals surface area contributed by atoms with Gasteiger partial charge in [-0.3, -0.25) is 0 Å². The van der Waals surface area contributed by atoms with Crippen LogP contribution in [0.2, 0.25) is 0 Å². The van der Waals surface area contributed by atoms with Crippen molar-refractivity contribution in [2.45, 2.75) is 32.1 Å². The zero-order valence-corrected chi connectivity index (χ0v) is 10.2. The minimum Gasteiger partial charge on any atom is -0.479 e. The van der Waals surface area contributed by atoms with E-state index in [1.165, 1.54) is 32.1 Å². The van der Waals surface area contributed by atoms with Crippen molar-refractivity contribution in [2.75, 3.05) is 12.8 Å². The number of rotatable bonds is 3. The molecular weight excluding hydrogens is 214 g/mol. The smallest absolute Gasteiger partial charge is 0.240 e. The Morgan fingerprint density at radius 3 is 2.76 bits per heavy atom. The predicted molar refractivity (Wildman–Crippen MR) is 68.6 cm³/mol. The molecule has 1 heterocycles. The van der Waals surface area contributed by atoms with Gasteiger partial charge in [-0.2, -0.15) is 0 Å². The van der Waals surface area contributed by atoms with Gasteiger partial charge in [-0.1, -0.05) is 31.4 Å². The number of aromatic nitrogens is 2. The van der Waals surface area contributed by atoms with Gasteiger partial charge in [0.25, 0.3) is 0 Å². The van der Waals surface area contributed by atoms with Gasteiger partial charge >= 0.3 is 0 Å². The van der Waals surface area contributed by atoms with E-state index in [1.54, 1.807) is 13.2 Å². The fourth-order valence-corrected chi connectivity index (χ4v) is 2.26. The standard InChI is InChI=1S/C13H19N3O/c1-17-13-11(9-12(14)15-16-13)8-7-10-5-3-2-4-6-10/h7-10H,2-6H2,1H3,(H2,14,15)/b8-7+. The zero-order valence-electron chi connectivity index (χ0n) is 10.2. The molecule has 0 bridgehead atoms. The Morgan fingerprint density at radius 1 is 1.29 bits per heavy atom. The molecule has 0 aromatic carbocycles. The maximum Gasteiger partial charge on any atom is 0.240 e. The highest BCUT2D eigenvalue weighted by Crippen LogP contribution is 2.26. The molecule has 2 rings (SSSR count). The van der Waals surface area contributed by atoms with Crippen LogP contribution in [0.25, 0.3) is 6.08 Å². The second-order valence-electron chi connectivity index (χ2n) is 4.49. The van der Waals surface area contributed by atoms with Crippen molar-refractivity contribution in [3.05, 3.63) is 17.7 Å². The van der Waals surface area contributed by atoms with Crippen LogP contribution >= 0.6 is 0 Å². The van der Waals surface area contributed by atoms with Crippen molar-refractivity contribution in [1.82, 2.24) is 10.2 Å². The van der Waals surface area contributed by atoms with Gasteiger partial charge in [0.1, 0.15) is 5.82 Å². The largest absolute Gasteiger partial charge is 0.479 e. The van der Waals surface area contributed by atoms with Crippen LogP contribution in [0.3, 0.4) is 0 Å². The molecule has 92 valence electrons. The number of hydrogen-bond acceptors (Lipinski definition) is 4. The lowest BCUT2D eigenvalue weighted by atomic mass is 9.89. The van der Waals surface area contributed by atoms with Crippen LogP contribution in [-0.4, -0.2) is 17.3 Å². The molecule has 1 saturated carbocycles. The molecule has 4 nitrogen and oxygen atoms in total. The lowest BCUT2D eigenvalue weighted by Crippen LogP contribution is -2.03. The van der Waals surface area contributed by atoms with Crippen LogP contribution in [0.15, 0.2) is 12.1 Å². The Balaban J connectivity index is 2.10. The molecule has 0 saturated heterocycles. The van der Waals surface area contributed by atoms with Crippen molar-refractivity contribution in [3.8, 4) is 5.88 Å². The average molecular weight is 233 g/mol. The van der Waals surface area contributed by atoms with Gasteiger partial charge in [-0.15, -0.1) is 10.2 Å². The average Bonchev–Trinajstić information content (AvgIpc) is 2.38. The van der Waals surface area contributed by atoms with E-state index in [0.29, 0.717) is 17.6 Å². The highest BCUT2D eigenvalue weighted by Gasteiger charge is 2.10. The fraction of sp³-hybridized carbons (Fsp3) is 0.538. The van der Waals surface area contributed by atoms with Gasteiger partial charge in [0.05, 0.1) is 7.11 Å². The van der Waals surface area contributed by atoms with E-state index in [0.717, 1.165) is 5.56 Å². The fourth-order valence-electron chi connectivity index (χ4n) is 2.26. The molecule has 1 fully saturated rings. The van der Waals surface area contributed by atoms with Crippen molar-refractivity contribution in [1.29, 1.82) is 0 Å². The Labute approximate surface area is 102 Å². The molecule has 0 unspecified atom stereocenters. The molecule has 17 heavy (non-hydrogen) atoms. The van der Waals surface area contributed by atoms with Crippen LogP contribution < -0.4 is 10.5 Å². The molecule has 0 aliphatic heterocycles. The van der Waals surface area contributed by atoms with Gasteiger partial charge in [-0.25, -0.2) is 0 Å². The first kappa shape index (κ1) is 11.9. The first-order chi connectivity index (χ1) is 8.29. The molecular formula is C13H19N3O. The normalized spacial score (nSPS) is 17.5. The van der Waals surface area contributed by atoms with Crippen LogP contribution in [0.1, 0.15) is 37.7 Å². The number of nitrogens with two attached hydrogens (primary N) is 1. The highest BCUT2D eigenvalue weighted by molar-refractivity contribution is 5.57. The van der Waals surface area contributed by atoms with Gasteiger partial charge in [0.15, 0.2) is 0 Å². The number of hydrogen-bond donors (Lipinski definition) is 1. The molecule has 0 radical (unpaired) electrons. The van der Waals surface area contributed by atoms with Crippen LogP contribution in [0.5, 0.6) is 5.88 Å². The second kappa shape index (κ2) is 5.66. The van der Waals surface area contributed by atoms with Crippen molar-refractivity contribution in [3.63, 3.8) is 0 Å². The summed E-state index contributed by atoms with van der Waals surface area (Å²) in [5.74, 6) is 1.64. The number of anilines is 1. The van der Waals surface area contributed by atoms with E-state index in [1.807, 2.05) is 0 Å². The summed E-state index contributed by atoms with van der Waals surface area (Å²) in [5, 5.41) is 7.69. The van der Waals surface area contributed by atoms with Crippen LogP contribution in [0.4, 0.5) is 5.82 Å². The topological polar surface area (TPSA) is 61.0 Å². The van der Waals surface area contributed by atoms with E-state index >= 15 is 0 Å². The summed E-state index contributed by atoms with van der Waals surface area (Å²) in [6.07, 6.45) is 10.9. The van der Waals surface area contributed by atoms with Gasteiger partial charge < -0.3 is 10.5 Å². The second-order valence-corrected chi connectivity index (χ2v) is 4.49. The Bertz CT molecular complexity index is 398. The molecule has 1 aliphatic carbocycles. The summed E-state index contributed by atoms with van der Waals surface area (Å²) in [6, 6.07) is 1.80. The molecule has 0 amide bonds. The third kappa shape index (κ3) is 3.19. The molecule has 1 aliphatic rings. The predicted octanol–water partition coefficient (Wildman–Crippen LogP) is 2.66. The van der Waals surface area contributed by atoms with Crippen LogP contribution in [-0.2, 0) is 0 Å². The minimum absolute atomic E-state index is 0.425. The summed E-state index contributed by atoms with van der Waals surface area (Å²) in [6.45, 7) is 0. The Morgan fingerprint density at radius 2 is 2.06 bits per heavy atom. The molecule has 0 atom stereocenters. The summed E-state index contributed by atoms with van der Waals surface area (Å²) in [5.41, 5.74) is 6.54. The van der Waals surface area contributed by atoms with Gasteiger partial charge in [-0.05, 0) is 24.8 Å². The molecule has 0 spiro atoms. The zero-order chi connectivity index (χ0) is 12.1. The summed E-state index contributed by atoms with van der Waals surface area (Å²) < 4.78 is 5.16. The maximum atomic E-state index is 5.63. The number of nitrogens with zero attached hydrogens (tertiary/aromatic N) is 2. The monoisotopic (exact) mass is 233 g/mol. The molecule has 1 aromatic rings. The number of methoxy groups -OCH3 is 1. The van der Waals surface area contributed by atoms with Crippen LogP contribution in [0, 0.1) is 5.92 Å². The summed E-state index contributed by atoms with van der Waals surface area (Å²) in [4.78, 5) is 0. The first-order valence-corrected chi connectivity index (χ1v) is 6.15. The van der Waals surface area contributed by atoms with Gasteiger partial charge in [0, 0.05) is 5.56 Å². The van der Waals surface area contributed by atoms with E-state index < -0.39 is 0 Å².